The Morgan fingerprint density at radius 1 is 1.15 bits per heavy atom. The minimum absolute atomic E-state index is 0.936. The molecule has 0 saturated carbocycles. The molecule has 0 spiro atoms. The van der Waals surface area contributed by atoms with Crippen molar-refractivity contribution in [3.63, 3.8) is 0 Å². The van der Waals surface area contributed by atoms with Gasteiger partial charge in [0.15, 0.2) is 0 Å². The number of hydrogen-bond acceptors (Lipinski definition) is 2. The second kappa shape index (κ2) is 3.64. The average Bonchev–Trinajstić information content (AvgIpc) is 2.12. The molecule has 0 unspecified atom stereocenters. The lowest BCUT2D eigenvalue weighted by Gasteiger charge is -2.07. The van der Waals surface area contributed by atoms with Crippen LogP contribution in [0.4, 0.5) is 0 Å². The topological polar surface area (TPSA) is 22.3 Å². The Balaban J connectivity index is 3.37. The van der Waals surface area contributed by atoms with E-state index >= 15 is 0 Å². The summed E-state index contributed by atoms with van der Waals surface area (Å²) in [6.07, 6.45) is 1.92. The summed E-state index contributed by atoms with van der Waals surface area (Å²) in [5.41, 5.74) is 3.25. The maximum absolute atomic E-state index is 5.29. The van der Waals surface area contributed by atoms with Gasteiger partial charge in [0.25, 0.3) is 0 Å². The van der Waals surface area contributed by atoms with Gasteiger partial charge in [-0.2, -0.15) is 0 Å². The number of nitrogens with zero attached hydrogens (tertiary/aromatic N) is 1. The highest BCUT2D eigenvalue weighted by Crippen LogP contribution is 2.21. The van der Waals surface area contributed by atoms with Crippen LogP contribution in [0.25, 0.3) is 0 Å². The van der Waals surface area contributed by atoms with Gasteiger partial charge in [0.1, 0.15) is 12.9 Å². The number of methoxy groups -OCH3 is 1. The Bertz CT molecular complexity index is 321. The van der Waals surface area contributed by atoms with Gasteiger partial charge in [0.05, 0.1) is 18.2 Å². The van der Waals surface area contributed by atoms with E-state index in [1.807, 2.05) is 27.0 Å². The molecular formula is C10H16NO2+. The Morgan fingerprint density at radius 3 is 2.23 bits per heavy atom. The molecule has 0 saturated heterocycles. The average molecular weight is 182 g/mol. The van der Waals surface area contributed by atoms with Gasteiger partial charge in [-0.3, -0.25) is 4.84 Å². The summed E-state index contributed by atoms with van der Waals surface area (Å²) < 4.78 is 7.03. The molecule has 0 amide bonds. The highest BCUT2D eigenvalue weighted by molar-refractivity contribution is 5.38. The molecule has 0 aliphatic rings. The van der Waals surface area contributed by atoms with Gasteiger partial charge in [-0.25, -0.2) is 0 Å². The molecule has 3 nitrogen and oxygen atoms in total. The first kappa shape index (κ1) is 9.84. The van der Waals surface area contributed by atoms with Crippen LogP contribution >= 0.6 is 0 Å². The van der Waals surface area contributed by atoms with E-state index < -0.39 is 0 Å². The molecule has 0 aromatic carbocycles. The molecule has 1 aromatic rings. The van der Waals surface area contributed by atoms with Gasteiger partial charge >= 0.3 is 0 Å². The van der Waals surface area contributed by atoms with E-state index in [0.29, 0.717) is 0 Å². The van der Waals surface area contributed by atoms with E-state index in [4.69, 9.17) is 9.57 Å². The minimum Gasteiger partial charge on any atom is -0.496 e. The predicted octanol–water partition coefficient (Wildman–Crippen LogP) is 0.966. The fourth-order valence-corrected chi connectivity index (χ4v) is 1.46. The maximum Gasteiger partial charge on any atom is 0.237 e. The molecule has 3 heteroatoms. The summed E-state index contributed by atoms with van der Waals surface area (Å²) in [5.74, 6) is 0.936. The Hall–Kier alpha value is -1.25. The Kier molecular flexibility index (Phi) is 2.76. The fourth-order valence-electron chi connectivity index (χ4n) is 1.46. The van der Waals surface area contributed by atoms with Crippen LogP contribution < -0.4 is 14.3 Å². The van der Waals surface area contributed by atoms with Gasteiger partial charge < -0.3 is 4.74 Å². The van der Waals surface area contributed by atoms with Crippen LogP contribution in [0.3, 0.4) is 0 Å². The van der Waals surface area contributed by atoms with Crippen molar-refractivity contribution in [1.82, 2.24) is 0 Å². The van der Waals surface area contributed by atoms with Crippen molar-refractivity contribution in [1.29, 1.82) is 0 Å². The summed E-state index contributed by atoms with van der Waals surface area (Å²) in [5, 5.41) is 0. The van der Waals surface area contributed by atoms with Gasteiger partial charge in [-0.15, -0.1) is 0 Å². The lowest BCUT2D eigenvalue weighted by atomic mass is 10.1. The molecule has 0 radical (unpaired) electrons. The van der Waals surface area contributed by atoms with Gasteiger partial charge in [0, 0.05) is 11.7 Å². The predicted molar refractivity (Wildman–Crippen MR) is 49.9 cm³/mol. The monoisotopic (exact) mass is 182 g/mol. The lowest BCUT2D eigenvalue weighted by molar-refractivity contribution is -0.890. The highest BCUT2D eigenvalue weighted by atomic mass is 16.6. The summed E-state index contributed by atoms with van der Waals surface area (Å²) in [7, 11) is 3.34. The van der Waals surface area contributed by atoms with Crippen molar-refractivity contribution < 1.29 is 14.3 Å². The second-order valence-electron chi connectivity index (χ2n) is 3.06. The standard InChI is InChI=1S/C10H16NO2/c1-7-6-11(13-5)9(3)8(2)10(7)12-4/h6H,1-5H3/q+1. The first-order valence-electron chi connectivity index (χ1n) is 4.22. The van der Waals surface area contributed by atoms with Crippen molar-refractivity contribution >= 4 is 0 Å². The van der Waals surface area contributed by atoms with E-state index in [1.54, 1.807) is 19.0 Å². The van der Waals surface area contributed by atoms with Crippen molar-refractivity contribution in [2.75, 3.05) is 14.2 Å². The first-order chi connectivity index (χ1) is 6.11. The summed E-state index contributed by atoms with van der Waals surface area (Å²) in [6, 6.07) is 0. The Morgan fingerprint density at radius 2 is 1.77 bits per heavy atom. The zero-order valence-corrected chi connectivity index (χ0v) is 8.84. The number of aryl methyl sites for hydroxylation is 1. The van der Waals surface area contributed by atoms with Crippen molar-refractivity contribution in [3.05, 3.63) is 23.0 Å². The van der Waals surface area contributed by atoms with Crippen LogP contribution in [0.15, 0.2) is 6.20 Å². The van der Waals surface area contributed by atoms with Crippen LogP contribution in [0.2, 0.25) is 0 Å². The van der Waals surface area contributed by atoms with Crippen LogP contribution in [-0.2, 0) is 0 Å². The summed E-state index contributed by atoms with van der Waals surface area (Å²) in [6.45, 7) is 6.03. The van der Waals surface area contributed by atoms with E-state index in [1.165, 1.54) is 0 Å². The largest absolute Gasteiger partial charge is 0.496 e. The molecule has 0 fully saturated rings. The van der Waals surface area contributed by atoms with Crippen molar-refractivity contribution in [2.24, 2.45) is 0 Å². The summed E-state index contributed by atoms with van der Waals surface area (Å²) >= 11 is 0. The zero-order valence-electron chi connectivity index (χ0n) is 8.84. The minimum atomic E-state index is 0.936. The zero-order chi connectivity index (χ0) is 10.0. The third-order valence-electron chi connectivity index (χ3n) is 2.28. The van der Waals surface area contributed by atoms with Gasteiger partial charge in [0.2, 0.25) is 11.9 Å². The number of hydrogen-bond donors (Lipinski definition) is 0. The van der Waals surface area contributed by atoms with E-state index in [-0.39, 0.29) is 0 Å². The molecule has 1 aromatic heterocycles. The highest BCUT2D eigenvalue weighted by Gasteiger charge is 2.17. The molecule has 1 heterocycles. The lowest BCUT2D eigenvalue weighted by Crippen LogP contribution is -2.44. The first-order valence-corrected chi connectivity index (χ1v) is 4.22. The molecule has 1 rings (SSSR count). The fraction of sp³-hybridized carbons (Fsp3) is 0.500. The van der Waals surface area contributed by atoms with Gasteiger partial charge in [-0.05, 0) is 13.8 Å². The molecule has 0 bridgehead atoms. The molecule has 0 atom stereocenters. The van der Waals surface area contributed by atoms with Crippen LogP contribution in [0.5, 0.6) is 5.75 Å². The number of rotatable bonds is 2. The Labute approximate surface area is 78.9 Å². The SMILES string of the molecule is COc1c(C)c[n+](OC)c(C)c1C. The molecule has 0 aliphatic heterocycles. The van der Waals surface area contributed by atoms with E-state index in [0.717, 1.165) is 22.6 Å². The van der Waals surface area contributed by atoms with Crippen LogP contribution in [0.1, 0.15) is 16.8 Å². The number of aromatic nitrogens is 1. The van der Waals surface area contributed by atoms with Crippen molar-refractivity contribution in [2.45, 2.75) is 20.8 Å². The third kappa shape index (κ3) is 1.59. The normalized spacial score (nSPS) is 9.92. The molecule has 72 valence electrons. The quantitative estimate of drug-likeness (QED) is 0.636. The summed E-state index contributed by atoms with van der Waals surface area (Å²) in [4.78, 5) is 5.17. The number of ether oxygens (including phenoxy) is 1. The number of pyridine rings is 1. The molecule has 0 aliphatic carbocycles. The smallest absolute Gasteiger partial charge is 0.237 e. The van der Waals surface area contributed by atoms with Crippen LogP contribution in [-0.4, -0.2) is 14.2 Å². The van der Waals surface area contributed by atoms with E-state index in [2.05, 4.69) is 0 Å². The van der Waals surface area contributed by atoms with Crippen molar-refractivity contribution in [3.8, 4) is 5.75 Å². The maximum atomic E-state index is 5.29. The van der Waals surface area contributed by atoms with E-state index in [9.17, 15) is 0 Å². The molecule has 13 heavy (non-hydrogen) atoms. The van der Waals surface area contributed by atoms with Crippen LogP contribution in [0, 0.1) is 20.8 Å². The van der Waals surface area contributed by atoms with Gasteiger partial charge in [-0.1, -0.05) is 0 Å². The third-order valence-corrected chi connectivity index (χ3v) is 2.28. The molecular weight excluding hydrogens is 166 g/mol. The molecule has 0 N–H and O–H groups in total. The second-order valence-corrected chi connectivity index (χ2v) is 3.06.